The van der Waals surface area contributed by atoms with Crippen molar-refractivity contribution in [1.82, 2.24) is 9.97 Å². The van der Waals surface area contributed by atoms with E-state index in [4.69, 9.17) is 14.7 Å². The fourth-order valence-electron chi connectivity index (χ4n) is 4.05. The van der Waals surface area contributed by atoms with Gasteiger partial charge in [-0.15, -0.1) is 0 Å². The van der Waals surface area contributed by atoms with Gasteiger partial charge >= 0.3 is 5.97 Å². The molecule has 0 aliphatic heterocycles. The van der Waals surface area contributed by atoms with Gasteiger partial charge in [0.05, 0.1) is 28.0 Å². The number of aryl methyl sites for hydroxylation is 2. The normalized spacial score (nSPS) is 10.8. The smallest absolute Gasteiger partial charge is 0.338 e. The SMILES string of the molecule is Cc1ccc(C)c(NC(=O)COC(=O)c2ccc3nc(-c4ccccc4)c(-c4ccccc4)nc3c2)c1. The molecule has 6 nitrogen and oxygen atoms in total. The first kappa shape index (κ1) is 23.9. The molecule has 0 radical (unpaired) electrons. The summed E-state index contributed by atoms with van der Waals surface area (Å²) in [4.78, 5) is 34.9. The lowest BCUT2D eigenvalue weighted by atomic mass is 10.0. The molecule has 0 aliphatic carbocycles. The van der Waals surface area contributed by atoms with Gasteiger partial charge in [-0.2, -0.15) is 0 Å². The third-order valence-corrected chi connectivity index (χ3v) is 6.00. The van der Waals surface area contributed by atoms with Crippen molar-refractivity contribution in [1.29, 1.82) is 0 Å². The van der Waals surface area contributed by atoms with Gasteiger partial charge in [-0.3, -0.25) is 4.79 Å². The van der Waals surface area contributed by atoms with Crippen LogP contribution in [0.25, 0.3) is 33.5 Å². The highest BCUT2D eigenvalue weighted by molar-refractivity contribution is 5.98. The number of hydrogen-bond acceptors (Lipinski definition) is 5. The van der Waals surface area contributed by atoms with Gasteiger partial charge in [0.15, 0.2) is 6.61 Å². The fourth-order valence-corrected chi connectivity index (χ4v) is 4.05. The van der Waals surface area contributed by atoms with E-state index in [1.165, 1.54) is 0 Å². The second-order valence-electron chi connectivity index (χ2n) is 8.80. The standard InChI is InChI=1S/C31H25N3O3/c1-20-13-14-21(2)26(17-20)32-28(35)19-37-31(36)24-15-16-25-27(18-24)34-30(23-11-7-4-8-12-23)29(33-25)22-9-5-3-6-10-22/h3-18H,19H2,1-2H3,(H,32,35). The maximum absolute atomic E-state index is 12.8. The average molecular weight is 488 g/mol. The van der Waals surface area contributed by atoms with Crippen molar-refractivity contribution in [2.24, 2.45) is 0 Å². The zero-order chi connectivity index (χ0) is 25.8. The predicted octanol–water partition coefficient (Wildman–Crippen LogP) is 6.38. The zero-order valence-electron chi connectivity index (χ0n) is 20.6. The molecule has 5 rings (SSSR count). The lowest BCUT2D eigenvalue weighted by molar-refractivity contribution is -0.119. The van der Waals surface area contributed by atoms with E-state index in [0.717, 1.165) is 33.6 Å². The lowest BCUT2D eigenvalue weighted by Crippen LogP contribution is -2.21. The number of nitrogens with zero attached hydrogens (tertiary/aromatic N) is 2. The van der Waals surface area contributed by atoms with Crippen LogP contribution in [-0.4, -0.2) is 28.5 Å². The highest BCUT2D eigenvalue weighted by Gasteiger charge is 2.16. The summed E-state index contributed by atoms with van der Waals surface area (Å²) < 4.78 is 5.29. The minimum Gasteiger partial charge on any atom is -0.452 e. The molecule has 182 valence electrons. The molecule has 1 N–H and O–H groups in total. The number of benzene rings is 4. The van der Waals surface area contributed by atoms with Gasteiger partial charge in [0.1, 0.15) is 0 Å². The Labute approximate surface area is 215 Å². The number of carbonyl (C=O) groups is 2. The molecule has 1 amide bonds. The Bertz CT molecular complexity index is 1600. The van der Waals surface area contributed by atoms with Gasteiger partial charge in [0.25, 0.3) is 5.91 Å². The summed E-state index contributed by atoms with van der Waals surface area (Å²) in [6.07, 6.45) is 0. The lowest BCUT2D eigenvalue weighted by Gasteiger charge is -2.12. The van der Waals surface area contributed by atoms with Crippen LogP contribution in [-0.2, 0) is 9.53 Å². The molecule has 0 saturated carbocycles. The van der Waals surface area contributed by atoms with E-state index in [9.17, 15) is 9.59 Å². The van der Waals surface area contributed by atoms with E-state index in [1.807, 2.05) is 92.7 Å². The molecule has 0 fully saturated rings. The van der Waals surface area contributed by atoms with E-state index in [1.54, 1.807) is 18.2 Å². The van der Waals surface area contributed by atoms with Gasteiger partial charge < -0.3 is 10.1 Å². The zero-order valence-corrected chi connectivity index (χ0v) is 20.6. The number of amides is 1. The van der Waals surface area contributed by atoms with E-state index >= 15 is 0 Å². The largest absolute Gasteiger partial charge is 0.452 e. The Morgan fingerprint density at radius 2 is 1.35 bits per heavy atom. The Hall–Kier alpha value is -4.84. The second kappa shape index (κ2) is 10.4. The molecule has 0 aliphatic rings. The van der Waals surface area contributed by atoms with Crippen molar-refractivity contribution in [3.63, 3.8) is 0 Å². The number of esters is 1. The van der Waals surface area contributed by atoms with Crippen LogP contribution in [0.15, 0.2) is 97.1 Å². The average Bonchev–Trinajstić information content (AvgIpc) is 2.93. The first-order valence-corrected chi connectivity index (χ1v) is 11.9. The summed E-state index contributed by atoms with van der Waals surface area (Å²) in [7, 11) is 0. The molecule has 37 heavy (non-hydrogen) atoms. The first-order chi connectivity index (χ1) is 18.0. The number of nitrogens with one attached hydrogen (secondary N) is 1. The van der Waals surface area contributed by atoms with E-state index in [2.05, 4.69) is 5.32 Å². The molecule has 1 heterocycles. The molecule has 5 aromatic rings. The topological polar surface area (TPSA) is 81.2 Å². The summed E-state index contributed by atoms with van der Waals surface area (Å²) in [5, 5.41) is 2.80. The van der Waals surface area contributed by atoms with Crippen LogP contribution in [0.4, 0.5) is 5.69 Å². The van der Waals surface area contributed by atoms with Gasteiger partial charge in [-0.1, -0.05) is 72.8 Å². The van der Waals surface area contributed by atoms with Crippen molar-refractivity contribution < 1.29 is 14.3 Å². The minimum absolute atomic E-state index is 0.299. The summed E-state index contributed by atoms with van der Waals surface area (Å²) in [6.45, 7) is 3.46. The van der Waals surface area contributed by atoms with E-state index < -0.39 is 18.5 Å². The molecule has 0 unspecified atom stereocenters. The molecule has 0 spiro atoms. The van der Waals surface area contributed by atoms with Crippen LogP contribution in [0.5, 0.6) is 0 Å². The van der Waals surface area contributed by atoms with Crippen molar-refractivity contribution in [3.8, 4) is 22.5 Å². The van der Waals surface area contributed by atoms with Crippen LogP contribution in [0, 0.1) is 13.8 Å². The number of rotatable bonds is 6. The van der Waals surface area contributed by atoms with E-state index in [0.29, 0.717) is 22.3 Å². The Morgan fingerprint density at radius 3 is 2.00 bits per heavy atom. The number of anilines is 1. The molecule has 0 bridgehead atoms. The maximum Gasteiger partial charge on any atom is 0.338 e. The number of fused-ring (bicyclic) bond motifs is 1. The van der Waals surface area contributed by atoms with Crippen molar-refractivity contribution in [2.75, 3.05) is 11.9 Å². The van der Waals surface area contributed by atoms with Crippen LogP contribution in [0.3, 0.4) is 0 Å². The summed E-state index contributed by atoms with van der Waals surface area (Å²) in [5.74, 6) is -1.00. The highest BCUT2D eigenvalue weighted by Crippen LogP contribution is 2.31. The number of aromatic nitrogens is 2. The van der Waals surface area contributed by atoms with Gasteiger partial charge in [-0.25, -0.2) is 14.8 Å². The quantitative estimate of drug-likeness (QED) is 0.281. The molecule has 6 heteroatoms. The van der Waals surface area contributed by atoms with Gasteiger partial charge in [0.2, 0.25) is 0 Å². The summed E-state index contributed by atoms with van der Waals surface area (Å²) >= 11 is 0. The molecular formula is C31H25N3O3. The fraction of sp³-hybridized carbons (Fsp3) is 0.0968. The Balaban J connectivity index is 1.40. The van der Waals surface area contributed by atoms with Crippen molar-refractivity contribution >= 4 is 28.6 Å². The number of ether oxygens (including phenoxy) is 1. The van der Waals surface area contributed by atoms with Gasteiger partial charge in [-0.05, 0) is 49.2 Å². The number of hydrogen-bond donors (Lipinski definition) is 1. The third-order valence-electron chi connectivity index (χ3n) is 6.00. The summed E-state index contributed by atoms with van der Waals surface area (Å²) in [5.41, 5.74) is 7.53. The number of carbonyl (C=O) groups excluding carboxylic acids is 2. The third kappa shape index (κ3) is 5.38. The molecule has 4 aromatic carbocycles. The second-order valence-corrected chi connectivity index (χ2v) is 8.80. The van der Waals surface area contributed by atoms with Crippen LogP contribution < -0.4 is 5.32 Å². The van der Waals surface area contributed by atoms with Gasteiger partial charge in [0, 0.05) is 16.8 Å². The molecule has 0 saturated heterocycles. The summed E-state index contributed by atoms with van der Waals surface area (Å²) in [6, 6.07) is 30.5. The molecule has 0 atom stereocenters. The minimum atomic E-state index is -0.604. The first-order valence-electron chi connectivity index (χ1n) is 11.9. The maximum atomic E-state index is 12.8. The molecule has 1 aromatic heterocycles. The van der Waals surface area contributed by atoms with Crippen molar-refractivity contribution in [3.05, 3.63) is 114 Å². The van der Waals surface area contributed by atoms with E-state index in [-0.39, 0.29) is 0 Å². The van der Waals surface area contributed by atoms with Crippen molar-refractivity contribution in [2.45, 2.75) is 13.8 Å². The van der Waals surface area contributed by atoms with Crippen LogP contribution >= 0.6 is 0 Å². The Morgan fingerprint density at radius 1 is 0.730 bits per heavy atom. The molecular weight excluding hydrogens is 462 g/mol. The van der Waals surface area contributed by atoms with Crippen LogP contribution in [0.2, 0.25) is 0 Å². The Kier molecular flexibility index (Phi) is 6.72. The predicted molar refractivity (Wildman–Crippen MR) is 145 cm³/mol. The monoisotopic (exact) mass is 487 g/mol. The van der Waals surface area contributed by atoms with Crippen LogP contribution in [0.1, 0.15) is 21.5 Å². The highest BCUT2D eigenvalue weighted by atomic mass is 16.5.